The lowest BCUT2D eigenvalue weighted by molar-refractivity contribution is -0.118. The number of thioether (sulfide) groups is 1. The number of nitrogens with zero attached hydrogens (tertiary/aromatic N) is 1. The Hall–Kier alpha value is -1.81. The third kappa shape index (κ3) is 4.38. The van der Waals surface area contributed by atoms with Gasteiger partial charge in [-0.25, -0.2) is 0 Å². The van der Waals surface area contributed by atoms with Crippen LogP contribution in [0.2, 0.25) is 0 Å². The molecule has 0 fully saturated rings. The van der Waals surface area contributed by atoms with Gasteiger partial charge in [-0.2, -0.15) is 0 Å². The number of aryl methyl sites for hydroxylation is 2. The van der Waals surface area contributed by atoms with Gasteiger partial charge in [0, 0.05) is 23.8 Å². The fourth-order valence-electron chi connectivity index (χ4n) is 1.76. The highest BCUT2D eigenvalue weighted by molar-refractivity contribution is 8.00. The van der Waals surface area contributed by atoms with Crippen LogP contribution in [0.25, 0.3) is 0 Å². The van der Waals surface area contributed by atoms with Crippen molar-refractivity contribution in [2.75, 3.05) is 5.75 Å². The Morgan fingerprint density at radius 1 is 1.20 bits per heavy atom. The molecule has 0 atom stereocenters. The fourth-order valence-corrected chi connectivity index (χ4v) is 2.71. The molecule has 0 bridgehead atoms. The molecule has 0 spiro atoms. The molecule has 0 radical (unpaired) electrons. The van der Waals surface area contributed by atoms with Gasteiger partial charge in [0.25, 0.3) is 0 Å². The average Bonchev–Trinajstić information content (AvgIpc) is 2.47. The second kappa shape index (κ2) is 7.10. The van der Waals surface area contributed by atoms with Gasteiger partial charge in [-0.3, -0.25) is 9.78 Å². The maximum absolute atomic E-state index is 11.8. The van der Waals surface area contributed by atoms with Crippen LogP contribution in [0.3, 0.4) is 0 Å². The summed E-state index contributed by atoms with van der Waals surface area (Å²) in [6.45, 7) is 4.68. The topological polar surface area (TPSA) is 42.0 Å². The first-order valence-corrected chi connectivity index (χ1v) is 7.49. The smallest absolute Gasteiger partial charge is 0.230 e. The van der Waals surface area contributed by atoms with E-state index in [9.17, 15) is 4.79 Å². The van der Waals surface area contributed by atoms with Crippen LogP contribution in [0.4, 0.5) is 0 Å². The number of hydrogen-bond acceptors (Lipinski definition) is 3. The van der Waals surface area contributed by atoms with Crippen molar-refractivity contribution >= 4 is 17.7 Å². The molecule has 0 saturated carbocycles. The lowest BCUT2D eigenvalue weighted by atomic mass is 10.2. The van der Waals surface area contributed by atoms with Crippen molar-refractivity contribution < 1.29 is 4.79 Å². The predicted molar refractivity (Wildman–Crippen MR) is 82.7 cm³/mol. The highest BCUT2D eigenvalue weighted by atomic mass is 32.2. The van der Waals surface area contributed by atoms with E-state index in [1.54, 1.807) is 24.2 Å². The van der Waals surface area contributed by atoms with Gasteiger partial charge in [0.15, 0.2) is 0 Å². The lowest BCUT2D eigenvalue weighted by Crippen LogP contribution is -2.24. The van der Waals surface area contributed by atoms with Crippen LogP contribution in [-0.4, -0.2) is 16.6 Å². The summed E-state index contributed by atoms with van der Waals surface area (Å²) < 4.78 is 0. The highest BCUT2D eigenvalue weighted by Crippen LogP contribution is 2.23. The molecule has 1 heterocycles. The molecular weight excluding hydrogens is 268 g/mol. The first-order valence-electron chi connectivity index (χ1n) is 6.51. The molecule has 4 heteroatoms. The summed E-state index contributed by atoms with van der Waals surface area (Å²) in [5, 5.41) is 2.92. The minimum absolute atomic E-state index is 0.0488. The van der Waals surface area contributed by atoms with Crippen molar-refractivity contribution in [3.63, 3.8) is 0 Å². The maximum atomic E-state index is 11.8. The van der Waals surface area contributed by atoms with Crippen molar-refractivity contribution in [3.8, 4) is 0 Å². The van der Waals surface area contributed by atoms with Crippen molar-refractivity contribution in [3.05, 3.63) is 59.4 Å². The van der Waals surface area contributed by atoms with Gasteiger partial charge in [0.1, 0.15) is 0 Å². The summed E-state index contributed by atoms with van der Waals surface area (Å²) in [4.78, 5) is 17.0. The third-order valence-electron chi connectivity index (χ3n) is 2.94. The Morgan fingerprint density at radius 2 is 1.95 bits per heavy atom. The number of benzene rings is 1. The molecule has 0 aliphatic carbocycles. The fraction of sp³-hybridized carbons (Fsp3) is 0.250. The van der Waals surface area contributed by atoms with Crippen LogP contribution in [0.15, 0.2) is 47.6 Å². The Kier molecular flexibility index (Phi) is 5.18. The van der Waals surface area contributed by atoms with E-state index in [4.69, 9.17) is 0 Å². The number of pyridine rings is 1. The molecule has 0 aliphatic rings. The minimum atomic E-state index is 0.0488. The molecule has 2 aromatic rings. The van der Waals surface area contributed by atoms with Gasteiger partial charge in [0.2, 0.25) is 5.91 Å². The first kappa shape index (κ1) is 14.6. The number of carbonyl (C=O) groups excluding carboxylic acids is 1. The van der Waals surface area contributed by atoms with E-state index in [0.717, 1.165) is 5.56 Å². The van der Waals surface area contributed by atoms with E-state index in [0.29, 0.717) is 12.3 Å². The third-order valence-corrected chi connectivity index (χ3v) is 4.10. The van der Waals surface area contributed by atoms with Gasteiger partial charge in [-0.1, -0.05) is 17.7 Å². The van der Waals surface area contributed by atoms with Gasteiger partial charge in [-0.15, -0.1) is 11.8 Å². The van der Waals surface area contributed by atoms with E-state index >= 15 is 0 Å². The summed E-state index contributed by atoms with van der Waals surface area (Å²) in [6.07, 6.45) is 3.46. The summed E-state index contributed by atoms with van der Waals surface area (Å²) >= 11 is 1.58. The Morgan fingerprint density at radius 3 is 2.70 bits per heavy atom. The van der Waals surface area contributed by atoms with E-state index in [1.165, 1.54) is 16.0 Å². The molecule has 3 nitrogen and oxygen atoms in total. The quantitative estimate of drug-likeness (QED) is 0.859. The van der Waals surface area contributed by atoms with Gasteiger partial charge in [-0.05, 0) is 43.2 Å². The molecule has 1 aromatic heterocycles. The van der Waals surface area contributed by atoms with Crippen molar-refractivity contribution in [1.82, 2.24) is 10.3 Å². The molecule has 104 valence electrons. The molecule has 0 aliphatic heterocycles. The van der Waals surface area contributed by atoms with Crippen LogP contribution >= 0.6 is 11.8 Å². The number of hydrogen-bond donors (Lipinski definition) is 1. The van der Waals surface area contributed by atoms with E-state index < -0.39 is 0 Å². The maximum Gasteiger partial charge on any atom is 0.230 e. The van der Waals surface area contributed by atoms with E-state index in [2.05, 4.69) is 42.3 Å². The Bertz CT molecular complexity index is 584. The van der Waals surface area contributed by atoms with Gasteiger partial charge >= 0.3 is 0 Å². The molecule has 0 unspecified atom stereocenters. The second-order valence-corrected chi connectivity index (χ2v) is 5.71. The zero-order chi connectivity index (χ0) is 14.4. The largest absolute Gasteiger partial charge is 0.351 e. The zero-order valence-corrected chi connectivity index (χ0v) is 12.5. The summed E-state index contributed by atoms with van der Waals surface area (Å²) in [6, 6.07) is 10.1. The number of amides is 1. The number of rotatable bonds is 5. The van der Waals surface area contributed by atoms with Crippen LogP contribution < -0.4 is 5.32 Å². The van der Waals surface area contributed by atoms with Crippen LogP contribution in [-0.2, 0) is 11.3 Å². The van der Waals surface area contributed by atoms with Gasteiger partial charge in [0.05, 0.1) is 5.75 Å². The monoisotopic (exact) mass is 286 g/mol. The standard InChI is InChI=1S/C16H18N2OS/c1-12-3-4-13(2)15(9-12)20-11-16(19)18-10-14-5-7-17-8-6-14/h3-9H,10-11H2,1-2H3,(H,18,19). The average molecular weight is 286 g/mol. The van der Waals surface area contributed by atoms with E-state index in [1.807, 2.05) is 12.1 Å². The molecular formula is C16H18N2OS. The zero-order valence-electron chi connectivity index (χ0n) is 11.7. The molecule has 0 saturated heterocycles. The number of carbonyl (C=O) groups is 1. The molecule has 2 rings (SSSR count). The second-order valence-electron chi connectivity index (χ2n) is 4.69. The summed E-state index contributed by atoms with van der Waals surface area (Å²) in [5.41, 5.74) is 3.49. The van der Waals surface area contributed by atoms with Crippen molar-refractivity contribution in [1.29, 1.82) is 0 Å². The Labute approximate surface area is 123 Å². The van der Waals surface area contributed by atoms with Crippen molar-refractivity contribution in [2.45, 2.75) is 25.3 Å². The van der Waals surface area contributed by atoms with Crippen LogP contribution in [0.5, 0.6) is 0 Å². The number of nitrogens with one attached hydrogen (secondary N) is 1. The van der Waals surface area contributed by atoms with E-state index in [-0.39, 0.29) is 5.91 Å². The summed E-state index contributed by atoms with van der Waals surface area (Å²) in [5.74, 6) is 0.489. The lowest BCUT2D eigenvalue weighted by Gasteiger charge is -2.08. The van der Waals surface area contributed by atoms with Crippen molar-refractivity contribution in [2.24, 2.45) is 0 Å². The predicted octanol–water partition coefficient (Wildman–Crippen LogP) is 3.11. The minimum Gasteiger partial charge on any atom is -0.351 e. The number of aromatic nitrogens is 1. The highest BCUT2D eigenvalue weighted by Gasteiger charge is 2.05. The van der Waals surface area contributed by atoms with Crippen LogP contribution in [0.1, 0.15) is 16.7 Å². The molecule has 1 aromatic carbocycles. The summed E-state index contributed by atoms with van der Waals surface area (Å²) in [7, 11) is 0. The normalized spacial score (nSPS) is 10.3. The Balaban J connectivity index is 1.82. The molecule has 1 N–H and O–H groups in total. The molecule has 20 heavy (non-hydrogen) atoms. The first-order chi connectivity index (χ1) is 9.65. The van der Waals surface area contributed by atoms with Crippen LogP contribution in [0, 0.1) is 13.8 Å². The van der Waals surface area contributed by atoms with Gasteiger partial charge < -0.3 is 5.32 Å². The molecule has 1 amide bonds. The SMILES string of the molecule is Cc1ccc(C)c(SCC(=O)NCc2ccncc2)c1.